The van der Waals surface area contributed by atoms with Crippen LogP contribution in [0.5, 0.6) is 0 Å². The van der Waals surface area contributed by atoms with Crippen molar-refractivity contribution in [1.82, 2.24) is 19.8 Å². The van der Waals surface area contributed by atoms with Crippen molar-refractivity contribution in [2.45, 2.75) is 38.5 Å². The summed E-state index contributed by atoms with van der Waals surface area (Å²) >= 11 is 0. The van der Waals surface area contributed by atoms with E-state index in [9.17, 15) is 9.59 Å². The SMILES string of the molecule is O=C(/C=C/c1cnc2ccccc2n1)N1CCC(C(=O)N2CCCCCC2)CC1. The van der Waals surface area contributed by atoms with Gasteiger partial charge in [0.05, 0.1) is 22.9 Å². The maximum atomic E-state index is 12.8. The minimum Gasteiger partial charge on any atom is -0.342 e. The first kappa shape index (κ1) is 19.6. The van der Waals surface area contributed by atoms with Gasteiger partial charge in [-0.3, -0.25) is 14.6 Å². The molecule has 1 aromatic heterocycles. The molecule has 152 valence electrons. The summed E-state index contributed by atoms with van der Waals surface area (Å²) in [5, 5.41) is 0. The lowest BCUT2D eigenvalue weighted by Gasteiger charge is -2.33. The number of carbonyl (C=O) groups excluding carboxylic acids is 2. The van der Waals surface area contributed by atoms with Gasteiger partial charge in [0.1, 0.15) is 0 Å². The normalized spacial score (nSPS) is 18.9. The van der Waals surface area contributed by atoms with Gasteiger partial charge in [0.15, 0.2) is 0 Å². The first-order valence-electron chi connectivity index (χ1n) is 10.7. The molecule has 2 aliphatic heterocycles. The molecule has 0 aliphatic carbocycles. The maximum Gasteiger partial charge on any atom is 0.246 e. The van der Waals surface area contributed by atoms with Crippen LogP contribution >= 0.6 is 0 Å². The van der Waals surface area contributed by atoms with E-state index in [4.69, 9.17) is 0 Å². The van der Waals surface area contributed by atoms with E-state index in [-0.39, 0.29) is 11.8 Å². The minimum absolute atomic E-state index is 0.0272. The maximum absolute atomic E-state index is 12.8. The summed E-state index contributed by atoms with van der Waals surface area (Å²) in [7, 11) is 0. The highest BCUT2D eigenvalue weighted by atomic mass is 16.2. The van der Waals surface area contributed by atoms with E-state index >= 15 is 0 Å². The van der Waals surface area contributed by atoms with Crippen LogP contribution in [0.2, 0.25) is 0 Å². The molecule has 0 spiro atoms. The average molecular weight is 393 g/mol. The van der Waals surface area contributed by atoms with E-state index in [2.05, 4.69) is 9.97 Å². The number of fused-ring (bicyclic) bond motifs is 1. The molecule has 2 aliphatic rings. The molecule has 6 nitrogen and oxygen atoms in total. The fraction of sp³-hybridized carbons (Fsp3) is 0.478. The van der Waals surface area contributed by atoms with E-state index in [1.165, 1.54) is 12.8 Å². The number of aromatic nitrogens is 2. The van der Waals surface area contributed by atoms with Crippen LogP contribution in [0, 0.1) is 5.92 Å². The molecule has 0 unspecified atom stereocenters. The zero-order chi connectivity index (χ0) is 20.1. The molecule has 2 fully saturated rings. The summed E-state index contributed by atoms with van der Waals surface area (Å²) in [6.07, 6.45) is 11.2. The number of carbonyl (C=O) groups is 2. The van der Waals surface area contributed by atoms with Crippen LogP contribution in [0.3, 0.4) is 0 Å². The number of rotatable bonds is 3. The Kier molecular flexibility index (Phi) is 6.17. The third-order valence-corrected chi connectivity index (χ3v) is 5.94. The zero-order valence-corrected chi connectivity index (χ0v) is 16.8. The summed E-state index contributed by atoms with van der Waals surface area (Å²) in [5.41, 5.74) is 2.32. The second-order valence-electron chi connectivity index (χ2n) is 7.96. The van der Waals surface area contributed by atoms with Crippen LogP contribution in [0.25, 0.3) is 17.1 Å². The Morgan fingerprint density at radius 1 is 0.897 bits per heavy atom. The highest BCUT2D eigenvalue weighted by Gasteiger charge is 2.29. The standard InChI is InChI=1S/C23H28N4O2/c28-22(10-9-19-17-24-20-7-3-4-8-21(20)25-19)26-15-11-18(12-16-26)23(29)27-13-5-1-2-6-14-27/h3-4,7-10,17-18H,1-2,5-6,11-16H2/b10-9+. The lowest BCUT2D eigenvalue weighted by atomic mass is 9.95. The van der Waals surface area contributed by atoms with Crippen molar-refractivity contribution in [2.75, 3.05) is 26.2 Å². The minimum atomic E-state index is -0.0272. The van der Waals surface area contributed by atoms with Crippen molar-refractivity contribution in [3.05, 3.63) is 42.2 Å². The van der Waals surface area contributed by atoms with Crippen LogP contribution in [-0.2, 0) is 9.59 Å². The largest absolute Gasteiger partial charge is 0.342 e. The molecule has 2 saturated heterocycles. The molecule has 2 amide bonds. The highest BCUT2D eigenvalue weighted by molar-refractivity contribution is 5.92. The first-order chi connectivity index (χ1) is 14.2. The molecule has 0 radical (unpaired) electrons. The molecule has 2 aromatic rings. The molecule has 0 N–H and O–H groups in total. The summed E-state index contributed by atoms with van der Waals surface area (Å²) in [6, 6.07) is 7.68. The van der Waals surface area contributed by atoms with E-state index < -0.39 is 0 Å². The van der Waals surface area contributed by atoms with Gasteiger partial charge < -0.3 is 9.80 Å². The fourth-order valence-electron chi connectivity index (χ4n) is 4.21. The van der Waals surface area contributed by atoms with Crippen molar-refractivity contribution in [2.24, 2.45) is 5.92 Å². The topological polar surface area (TPSA) is 66.4 Å². The van der Waals surface area contributed by atoms with Gasteiger partial charge >= 0.3 is 0 Å². The number of amides is 2. The van der Waals surface area contributed by atoms with Gasteiger partial charge in [0, 0.05) is 38.2 Å². The highest BCUT2D eigenvalue weighted by Crippen LogP contribution is 2.22. The summed E-state index contributed by atoms with van der Waals surface area (Å²) < 4.78 is 0. The van der Waals surface area contributed by atoms with E-state index in [1.54, 1.807) is 18.3 Å². The molecule has 29 heavy (non-hydrogen) atoms. The number of hydrogen-bond acceptors (Lipinski definition) is 4. The van der Waals surface area contributed by atoms with Gasteiger partial charge in [-0.1, -0.05) is 25.0 Å². The Labute approximate surface area is 171 Å². The number of hydrogen-bond donors (Lipinski definition) is 0. The van der Waals surface area contributed by atoms with Crippen molar-refractivity contribution in [1.29, 1.82) is 0 Å². The molecule has 6 heteroatoms. The lowest BCUT2D eigenvalue weighted by Crippen LogP contribution is -2.44. The second-order valence-corrected chi connectivity index (χ2v) is 7.96. The van der Waals surface area contributed by atoms with E-state index in [0.29, 0.717) is 24.7 Å². The van der Waals surface area contributed by atoms with Crippen LogP contribution < -0.4 is 0 Å². The van der Waals surface area contributed by atoms with Crippen molar-refractivity contribution in [3.63, 3.8) is 0 Å². The lowest BCUT2D eigenvalue weighted by molar-refractivity contribution is -0.139. The van der Waals surface area contributed by atoms with Gasteiger partial charge in [-0.25, -0.2) is 4.98 Å². The van der Waals surface area contributed by atoms with Gasteiger partial charge in [-0.15, -0.1) is 0 Å². The van der Waals surface area contributed by atoms with E-state index in [0.717, 1.165) is 49.8 Å². The first-order valence-corrected chi connectivity index (χ1v) is 10.7. The quantitative estimate of drug-likeness (QED) is 0.752. The smallest absolute Gasteiger partial charge is 0.246 e. The summed E-state index contributed by atoms with van der Waals surface area (Å²) in [5.74, 6) is 0.328. The zero-order valence-electron chi connectivity index (χ0n) is 16.8. The number of nitrogens with zero attached hydrogens (tertiary/aromatic N) is 4. The molecule has 4 rings (SSSR count). The van der Waals surface area contributed by atoms with Crippen LogP contribution in [0.4, 0.5) is 0 Å². The Bertz CT molecular complexity index is 895. The number of para-hydroxylation sites is 2. The Morgan fingerprint density at radius 3 is 2.31 bits per heavy atom. The van der Waals surface area contributed by atoms with Crippen LogP contribution in [-0.4, -0.2) is 57.8 Å². The van der Waals surface area contributed by atoms with Crippen molar-refractivity contribution >= 4 is 28.9 Å². The molecule has 1 aromatic carbocycles. The monoisotopic (exact) mass is 392 g/mol. The predicted molar refractivity (Wildman–Crippen MR) is 113 cm³/mol. The average Bonchev–Trinajstić information content (AvgIpc) is 3.06. The molecule has 0 saturated carbocycles. The molecule has 0 atom stereocenters. The third-order valence-electron chi connectivity index (χ3n) is 5.94. The number of piperidine rings is 1. The van der Waals surface area contributed by atoms with Crippen LogP contribution in [0.1, 0.15) is 44.2 Å². The van der Waals surface area contributed by atoms with Crippen LogP contribution in [0.15, 0.2) is 36.5 Å². The van der Waals surface area contributed by atoms with Gasteiger partial charge in [-0.2, -0.15) is 0 Å². The third kappa shape index (κ3) is 4.81. The molecular weight excluding hydrogens is 364 g/mol. The Morgan fingerprint density at radius 2 is 1.59 bits per heavy atom. The van der Waals surface area contributed by atoms with Gasteiger partial charge in [0.25, 0.3) is 0 Å². The van der Waals surface area contributed by atoms with E-state index in [1.807, 2.05) is 34.1 Å². The van der Waals surface area contributed by atoms with Crippen molar-refractivity contribution in [3.8, 4) is 0 Å². The Balaban J connectivity index is 1.31. The molecule has 3 heterocycles. The predicted octanol–water partition coefficient (Wildman–Crippen LogP) is 3.28. The Hall–Kier alpha value is -2.76. The number of likely N-dealkylation sites (tertiary alicyclic amines) is 2. The summed E-state index contributed by atoms with van der Waals surface area (Å²) in [6.45, 7) is 3.06. The molecular formula is C23H28N4O2. The molecule has 0 bridgehead atoms. The van der Waals surface area contributed by atoms with Crippen molar-refractivity contribution < 1.29 is 9.59 Å². The van der Waals surface area contributed by atoms with Gasteiger partial charge in [0.2, 0.25) is 11.8 Å². The van der Waals surface area contributed by atoms with Gasteiger partial charge in [-0.05, 0) is 43.9 Å². The second kappa shape index (κ2) is 9.16. The fourth-order valence-corrected chi connectivity index (χ4v) is 4.21. The number of benzene rings is 1. The summed E-state index contributed by atoms with van der Waals surface area (Å²) in [4.78, 5) is 38.1.